The van der Waals surface area contributed by atoms with Crippen LogP contribution >= 0.6 is 0 Å². The first-order valence-corrected chi connectivity index (χ1v) is 12.7. The summed E-state index contributed by atoms with van der Waals surface area (Å²) in [7, 11) is 3.70. The van der Waals surface area contributed by atoms with Gasteiger partial charge < -0.3 is 24.0 Å². The van der Waals surface area contributed by atoms with Crippen molar-refractivity contribution >= 4 is 28.4 Å². The molecule has 0 radical (unpaired) electrons. The van der Waals surface area contributed by atoms with Crippen LogP contribution in [0.2, 0.25) is 0 Å². The minimum Gasteiger partial charge on any atom is -0.495 e. The Morgan fingerprint density at radius 1 is 0.892 bits per heavy atom. The van der Waals surface area contributed by atoms with Crippen LogP contribution in [0, 0.1) is 0 Å². The zero-order valence-electron chi connectivity index (χ0n) is 21.1. The Bertz CT molecular complexity index is 1490. The topological polar surface area (TPSA) is 58.0 Å². The number of carbonyl (C=O) groups is 2. The molecule has 6 rings (SSSR count). The van der Waals surface area contributed by atoms with Gasteiger partial charge in [0.05, 0.1) is 18.8 Å². The molecule has 188 valence electrons. The van der Waals surface area contributed by atoms with Crippen molar-refractivity contribution in [3.05, 3.63) is 95.7 Å². The molecule has 1 unspecified atom stereocenters. The third-order valence-electron chi connectivity index (χ3n) is 7.64. The van der Waals surface area contributed by atoms with Crippen LogP contribution in [-0.2, 0) is 11.8 Å². The number of anilines is 1. The molecule has 0 spiro atoms. The van der Waals surface area contributed by atoms with Crippen LogP contribution in [0.3, 0.4) is 0 Å². The molecule has 37 heavy (non-hydrogen) atoms. The highest BCUT2D eigenvalue weighted by Gasteiger charge is 2.40. The van der Waals surface area contributed by atoms with E-state index in [-0.39, 0.29) is 24.4 Å². The first kappa shape index (κ1) is 23.2. The van der Waals surface area contributed by atoms with Gasteiger partial charge in [-0.25, -0.2) is 0 Å². The monoisotopic (exact) mass is 494 g/mol. The van der Waals surface area contributed by atoms with Crippen molar-refractivity contribution in [2.45, 2.75) is 6.04 Å². The Kier molecular flexibility index (Phi) is 5.83. The second-order valence-corrected chi connectivity index (χ2v) is 9.68. The molecule has 0 bridgehead atoms. The fourth-order valence-corrected chi connectivity index (χ4v) is 5.79. The number of rotatable bonds is 5. The van der Waals surface area contributed by atoms with Gasteiger partial charge in [-0.15, -0.1) is 0 Å². The molecule has 7 heteroatoms. The minimum absolute atomic E-state index is 0.0222. The van der Waals surface area contributed by atoms with Crippen molar-refractivity contribution < 1.29 is 14.3 Å². The molecule has 0 saturated carbocycles. The van der Waals surface area contributed by atoms with E-state index in [0.717, 1.165) is 33.5 Å². The van der Waals surface area contributed by atoms with Crippen LogP contribution in [0.4, 0.5) is 5.69 Å². The summed E-state index contributed by atoms with van der Waals surface area (Å²) in [6.45, 7) is 2.69. The number of methoxy groups -OCH3 is 1. The van der Waals surface area contributed by atoms with Gasteiger partial charge in [-0.2, -0.15) is 0 Å². The Hall–Kier alpha value is -4.26. The summed E-state index contributed by atoms with van der Waals surface area (Å²) >= 11 is 0. The van der Waals surface area contributed by atoms with Crippen LogP contribution in [0.1, 0.15) is 27.5 Å². The molecule has 1 aromatic heterocycles. The number of amides is 2. The number of hydrogen-bond acceptors (Lipinski definition) is 4. The Morgan fingerprint density at radius 3 is 2.41 bits per heavy atom. The van der Waals surface area contributed by atoms with Gasteiger partial charge in [-0.1, -0.05) is 48.5 Å². The lowest BCUT2D eigenvalue weighted by Gasteiger charge is -2.37. The molecule has 2 aliphatic rings. The Balaban J connectivity index is 1.25. The van der Waals surface area contributed by atoms with Gasteiger partial charge in [0, 0.05) is 61.5 Å². The highest BCUT2D eigenvalue weighted by Crippen LogP contribution is 2.41. The molecule has 4 aromatic rings. The maximum absolute atomic E-state index is 13.6. The summed E-state index contributed by atoms with van der Waals surface area (Å²) < 4.78 is 7.61. The average Bonchev–Trinajstić information content (AvgIpc) is 3.42. The molecule has 3 aromatic carbocycles. The Morgan fingerprint density at radius 2 is 1.59 bits per heavy atom. The number of aryl methyl sites for hydroxylation is 1. The normalized spacial score (nSPS) is 17.4. The van der Waals surface area contributed by atoms with E-state index >= 15 is 0 Å². The summed E-state index contributed by atoms with van der Waals surface area (Å²) in [4.78, 5) is 33.0. The van der Waals surface area contributed by atoms with Gasteiger partial charge in [0.25, 0.3) is 5.91 Å². The largest absolute Gasteiger partial charge is 0.495 e. The molecule has 2 amide bonds. The van der Waals surface area contributed by atoms with E-state index in [0.29, 0.717) is 31.7 Å². The quantitative estimate of drug-likeness (QED) is 0.420. The van der Waals surface area contributed by atoms with Crippen molar-refractivity contribution in [1.82, 2.24) is 14.4 Å². The summed E-state index contributed by atoms with van der Waals surface area (Å²) in [6, 6.07) is 23.6. The molecule has 1 atom stereocenters. The molecular weight excluding hydrogens is 464 g/mol. The second kappa shape index (κ2) is 9.32. The third-order valence-corrected chi connectivity index (χ3v) is 7.64. The van der Waals surface area contributed by atoms with Crippen molar-refractivity contribution in [3.63, 3.8) is 0 Å². The van der Waals surface area contributed by atoms with E-state index in [9.17, 15) is 9.59 Å². The fourth-order valence-electron chi connectivity index (χ4n) is 5.79. The molecule has 2 aliphatic heterocycles. The number of aromatic nitrogens is 1. The third kappa shape index (κ3) is 3.91. The van der Waals surface area contributed by atoms with Gasteiger partial charge in [0.1, 0.15) is 12.3 Å². The van der Waals surface area contributed by atoms with E-state index in [1.165, 1.54) is 0 Å². The molecule has 7 nitrogen and oxygen atoms in total. The predicted molar refractivity (Wildman–Crippen MR) is 144 cm³/mol. The number of fused-ring (bicyclic) bond motifs is 2. The van der Waals surface area contributed by atoms with Crippen LogP contribution in [0.25, 0.3) is 10.9 Å². The van der Waals surface area contributed by atoms with Crippen molar-refractivity contribution in [1.29, 1.82) is 0 Å². The average molecular weight is 495 g/mol. The van der Waals surface area contributed by atoms with E-state index in [1.807, 2.05) is 72.6 Å². The van der Waals surface area contributed by atoms with Crippen LogP contribution in [-0.4, -0.2) is 66.0 Å². The number of ether oxygens (including phenoxy) is 1. The second-order valence-electron chi connectivity index (χ2n) is 9.68. The standard InChI is InChI=1S/C30H30N4O3/c1-31-19-24(21-9-5-6-12-25(21)31)29-22-10-3-4-11-23(22)30(36)34(29)20-28(35)33-17-15-32(16-18-33)26-13-7-8-14-27(26)37-2/h3-14,19,29H,15-18,20H2,1-2H3. The van der Waals surface area contributed by atoms with Crippen LogP contribution < -0.4 is 9.64 Å². The first-order chi connectivity index (χ1) is 18.1. The molecule has 3 heterocycles. The van der Waals surface area contributed by atoms with Crippen molar-refractivity contribution in [3.8, 4) is 5.75 Å². The predicted octanol–water partition coefficient (Wildman–Crippen LogP) is 4.08. The number of para-hydroxylation sites is 3. The molecule has 1 saturated heterocycles. The summed E-state index contributed by atoms with van der Waals surface area (Å²) in [5.74, 6) is 0.723. The summed E-state index contributed by atoms with van der Waals surface area (Å²) in [5.41, 5.74) is 4.82. The fraction of sp³-hybridized carbons (Fsp3) is 0.267. The lowest BCUT2D eigenvalue weighted by Crippen LogP contribution is -2.51. The molecule has 0 aliphatic carbocycles. The van der Waals surface area contributed by atoms with Gasteiger partial charge >= 0.3 is 0 Å². The summed E-state index contributed by atoms with van der Waals surface area (Å²) in [6.07, 6.45) is 2.09. The summed E-state index contributed by atoms with van der Waals surface area (Å²) in [5, 5.41) is 1.10. The van der Waals surface area contributed by atoms with E-state index in [4.69, 9.17) is 4.74 Å². The smallest absolute Gasteiger partial charge is 0.255 e. The van der Waals surface area contributed by atoms with E-state index in [2.05, 4.69) is 27.8 Å². The van der Waals surface area contributed by atoms with Gasteiger partial charge in [-0.3, -0.25) is 9.59 Å². The zero-order chi connectivity index (χ0) is 25.5. The van der Waals surface area contributed by atoms with E-state index in [1.54, 1.807) is 12.0 Å². The first-order valence-electron chi connectivity index (χ1n) is 12.7. The van der Waals surface area contributed by atoms with Crippen molar-refractivity contribution in [2.24, 2.45) is 7.05 Å². The maximum atomic E-state index is 13.6. The molecule has 1 fully saturated rings. The Labute approximate surface area is 216 Å². The number of piperazine rings is 1. The number of nitrogens with zero attached hydrogens (tertiary/aromatic N) is 4. The van der Waals surface area contributed by atoms with Crippen LogP contribution in [0.5, 0.6) is 5.75 Å². The van der Waals surface area contributed by atoms with Crippen molar-refractivity contribution in [2.75, 3.05) is 44.7 Å². The SMILES string of the molecule is COc1ccccc1N1CCN(C(=O)CN2C(=O)c3ccccc3C2c2cn(C)c3ccccc23)CC1. The zero-order valence-corrected chi connectivity index (χ0v) is 21.1. The number of hydrogen-bond donors (Lipinski definition) is 0. The molecule has 0 N–H and O–H groups in total. The highest BCUT2D eigenvalue weighted by molar-refractivity contribution is 6.02. The highest BCUT2D eigenvalue weighted by atomic mass is 16.5. The van der Waals surface area contributed by atoms with Gasteiger partial charge in [-0.05, 0) is 29.8 Å². The van der Waals surface area contributed by atoms with E-state index < -0.39 is 0 Å². The number of benzene rings is 3. The lowest BCUT2D eigenvalue weighted by atomic mass is 9.97. The molecular formula is C30H30N4O3. The van der Waals surface area contributed by atoms with Gasteiger partial charge in [0.15, 0.2) is 0 Å². The maximum Gasteiger partial charge on any atom is 0.255 e. The minimum atomic E-state index is -0.298. The van der Waals surface area contributed by atoms with Crippen LogP contribution in [0.15, 0.2) is 79.0 Å². The lowest BCUT2D eigenvalue weighted by molar-refractivity contribution is -0.132. The van der Waals surface area contributed by atoms with Gasteiger partial charge in [0.2, 0.25) is 5.91 Å². The number of carbonyl (C=O) groups excluding carboxylic acids is 2.